The van der Waals surface area contributed by atoms with Crippen molar-refractivity contribution < 1.29 is 4.79 Å². The second-order valence-electron chi connectivity index (χ2n) is 4.71. The van der Waals surface area contributed by atoms with E-state index in [1.807, 2.05) is 30.3 Å². The summed E-state index contributed by atoms with van der Waals surface area (Å²) in [5, 5.41) is 3.36. The summed E-state index contributed by atoms with van der Waals surface area (Å²) in [5.41, 5.74) is 3.22. The number of fused-ring (bicyclic) bond motifs is 1. The van der Waals surface area contributed by atoms with Crippen LogP contribution in [0.2, 0.25) is 4.34 Å². The fraction of sp³-hybridized carbons (Fsp3) is 0.267. The van der Waals surface area contributed by atoms with Crippen molar-refractivity contribution in [1.29, 1.82) is 0 Å². The van der Waals surface area contributed by atoms with Crippen molar-refractivity contribution >= 4 is 34.4 Å². The zero-order valence-electron chi connectivity index (χ0n) is 10.4. The van der Waals surface area contributed by atoms with Crippen LogP contribution in [0.5, 0.6) is 0 Å². The Morgan fingerprint density at radius 2 is 2.21 bits per heavy atom. The van der Waals surface area contributed by atoms with Gasteiger partial charge in [-0.3, -0.25) is 4.79 Å². The van der Waals surface area contributed by atoms with E-state index in [-0.39, 0.29) is 5.78 Å². The predicted molar refractivity (Wildman–Crippen MR) is 80.6 cm³/mol. The fourth-order valence-corrected chi connectivity index (χ4v) is 3.44. The Kier molecular flexibility index (Phi) is 3.58. The van der Waals surface area contributed by atoms with Crippen molar-refractivity contribution in [3.05, 3.63) is 50.7 Å². The number of Topliss-reactive ketones (excluding diaryl/α,β-unsaturated/α-hetero) is 1. The van der Waals surface area contributed by atoms with Crippen LogP contribution < -0.4 is 5.32 Å². The van der Waals surface area contributed by atoms with E-state index in [9.17, 15) is 4.79 Å². The summed E-state index contributed by atoms with van der Waals surface area (Å²) in [4.78, 5) is 13.3. The lowest BCUT2D eigenvalue weighted by Gasteiger charge is -2.18. The average molecular weight is 292 g/mol. The van der Waals surface area contributed by atoms with Crippen molar-refractivity contribution in [1.82, 2.24) is 0 Å². The summed E-state index contributed by atoms with van der Waals surface area (Å²) in [5.74, 6) is 0.159. The highest BCUT2D eigenvalue weighted by Crippen LogP contribution is 2.25. The molecule has 1 aliphatic rings. The molecule has 3 rings (SSSR count). The first-order valence-corrected chi connectivity index (χ1v) is 7.56. The van der Waals surface area contributed by atoms with Crippen LogP contribution in [0.25, 0.3) is 0 Å². The molecule has 0 saturated carbocycles. The molecule has 19 heavy (non-hydrogen) atoms. The maximum atomic E-state index is 12.3. The largest absolute Gasteiger partial charge is 0.385 e. The van der Waals surface area contributed by atoms with Gasteiger partial charge in [0, 0.05) is 29.1 Å². The first-order chi connectivity index (χ1) is 9.22. The molecule has 2 nitrogen and oxygen atoms in total. The molecule has 1 aliphatic heterocycles. The molecule has 0 atom stereocenters. The molecule has 0 amide bonds. The van der Waals surface area contributed by atoms with Crippen molar-refractivity contribution in [2.45, 2.75) is 19.3 Å². The molecule has 1 N–H and O–H groups in total. The van der Waals surface area contributed by atoms with Crippen LogP contribution in [-0.2, 0) is 12.8 Å². The molecule has 98 valence electrons. The Bertz CT molecular complexity index is 620. The molecule has 0 spiro atoms. The minimum absolute atomic E-state index is 0.159. The number of hydrogen-bond donors (Lipinski definition) is 1. The molecule has 2 aromatic rings. The number of carbonyl (C=O) groups is 1. The number of benzene rings is 1. The standard InChI is InChI=1S/C15H14ClNOS/c16-15-6-4-12(19-15)9-14(18)11-3-5-13-10(8-11)2-1-7-17-13/h3-6,8,17H,1-2,7,9H2. The van der Waals surface area contributed by atoms with Gasteiger partial charge in [-0.05, 0) is 48.7 Å². The summed E-state index contributed by atoms with van der Waals surface area (Å²) >= 11 is 7.36. The first-order valence-electron chi connectivity index (χ1n) is 6.36. The third-order valence-electron chi connectivity index (χ3n) is 3.33. The average Bonchev–Trinajstić information content (AvgIpc) is 2.83. The zero-order chi connectivity index (χ0) is 13.2. The van der Waals surface area contributed by atoms with Crippen LogP contribution in [0, 0.1) is 0 Å². The van der Waals surface area contributed by atoms with Gasteiger partial charge < -0.3 is 5.32 Å². The third kappa shape index (κ3) is 2.82. The summed E-state index contributed by atoms with van der Waals surface area (Å²) in [6.07, 6.45) is 2.61. The number of aryl methyl sites for hydroxylation is 1. The van der Waals surface area contributed by atoms with Gasteiger partial charge in [-0.25, -0.2) is 0 Å². The van der Waals surface area contributed by atoms with E-state index in [1.165, 1.54) is 22.6 Å². The molecule has 2 heterocycles. The Morgan fingerprint density at radius 3 is 3.00 bits per heavy atom. The zero-order valence-corrected chi connectivity index (χ0v) is 12.0. The number of carbonyl (C=O) groups excluding carboxylic acids is 1. The third-order valence-corrected chi connectivity index (χ3v) is 4.56. The van der Waals surface area contributed by atoms with Gasteiger partial charge in [-0.1, -0.05) is 11.6 Å². The quantitative estimate of drug-likeness (QED) is 0.859. The highest BCUT2D eigenvalue weighted by molar-refractivity contribution is 7.16. The summed E-state index contributed by atoms with van der Waals surface area (Å²) < 4.78 is 0.734. The maximum absolute atomic E-state index is 12.3. The smallest absolute Gasteiger partial charge is 0.168 e. The number of anilines is 1. The van der Waals surface area contributed by atoms with Crippen LogP contribution in [0.4, 0.5) is 5.69 Å². The van der Waals surface area contributed by atoms with Crippen LogP contribution in [0.15, 0.2) is 30.3 Å². The van der Waals surface area contributed by atoms with Crippen LogP contribution in [0.1, 0.15) is 27.2 Å². The van der Waals surface area contributed by atoms with Crippen LogP contribution in [-0.4, -0.2) is 12.3 Å². The molecule has 0 bridgehead atoms. The number of hydrogen-bond acceptors (Lipinski definition) is 3. The van der Waals surface area contributed by atoms with Gasteiger partial charge in [0.2, 0.25) is 0 Å². The summed E-state index contributed by atoms with van der Waals surface area (Å²) in [7, 11) is 0. The van der Waals surface area contributed by atoms with Gasteiger partial charge in [0.25, 0.3) is 0 Å². The minimum atomic E-state index is 0.159. The molecular formula is C15H14ClNOS. The van der Waals surface area contributed by atoms with Crippen molar-refractivity contribution in [2.24, 2.45) is 0 Å². The van der Waals surface area contributed by atoms with Gasteiger partial charge in [0.05, 0.1) is 4.34 Å². The lowest BCUT2D eigenvalue weighted by molar-refractivity contribution is 0.0994. The molecule has 0 unspecified atom stereocenters. The highest BCUT2D eigenvalue weighted by atomic mass is 35.5. The minimum Gasteiger partial charge on any atom is -0.385 e. The number of rotatable bonds is 3. The molecule has 1 aromatic carbocycles. The Labute approximate surface area is 121 Å². The first kappa shape index (κ1) is 12.7. The van der Waals surface area contributed by atoms with Gasteiger partial charge in [0.15, 0.2) is 5.78 Å². The Hall–Kier alpha value is -1.32. The van der Waals surface area contributed by atoms with E-state index in [1.54, 1.807) is 0 Å². The lowest BCUT2D eigenvalue weighted by atomic mass is 9.98. The summed E-state index contributed by atoms with van der Waals surface area (Å²) in [6, 6.07) is 9.72. The second-order valence-corrected chi connectivity index (χ2v) is 6.51. The number of thiophene rings is 1. The number of halogens is 1. The van der Waals surface area contributed by atoms with Gasteiger partial charge in [0.1, 0.15) is 0 Å². The topological polar surface area (TPSA) is 29.1 Å². The molecule has 0 aliphatic carbocycles. The molecule has 4 heteroatoms. The number of ketones is 1. The van der Waals surface area contributed by atoms with Crippen molar-refractivity contribution in [3.63, 3.8) is 0 Å². The van der Waals surface area contributed by atoms with Gasteiger partial charge in [-0.2, -0.15) is 0 Å². The molecule has 0 radical (unpaired) electrons. The molecular weight excluding hydrogens is 278 g/mol. The fourth-order valence-electron chi connectivity index (χ4n) is 2.36. The van der Waals surface area contributed by atoms with E-state index in [0.29, 0.717) is 6.42 Å². The highest BCUT2D eigenvalue weighted by Gasteiger charge is 2.13. The molecule has 1 aromatic heterocycles. The van der Waals surface area contributed by atoms with E-state index in [2.05, 4.69) is 5.32 Å². The van der Waals surface area contributed by atoms with Crippen molar-refractivity contribution in [2.75, 3.05) is 11.9 Å². The van der Waals surface area contributed by atoms with E-state index >= 15 is 0 Å². The summed E-state index contributed by atoms with van der Waals surface area (Å²) in [6.45, 7) is 1.02. The van der Waals surface area contributed by atoms with E-state index in [0.717, 1.165) is 34.2 Å². The monoisotopic (exact) mass is 291 g/mol. The van der Waals surface area contributed by atoms with Gasteiger partial charge >= 0.3 is 0 Å². The van der Waals surface area contributed by atoms with Crippen molar-refractivity contribution in [3.8, 4) is 0 Å². The Morgan fingerprint density at radius 1 is 1.32 bits per heavy atom. The van der Waals surface area contributed by atoms with E-state index < -0.39 is 0 Å². The molecule has 0 saturated heterocycles. The lowest BCUT2D eigenvalue weighted by Crippen LogP contribution is -2.13. The maximum Gasteiger partial charge on any atom is 0.168 e. The Balaban J connectivity index is 1.80. The SMILES string of the molecule is O=C(Cc1ccc(Cl)s1)c1ccc2c(c1)CCCN2. The van der Waals surface area contributed by atoms with Crippen LogP contribution in [0.3, 0.4) is 0 Å². The normalized spacial score (nSPS) is 13.7. The van der Waals surface area contributed by atoms with Crippen LogP contribution >= 0.6 is 22.9 Å². The van der Waals surface area contributed by atoms with E-state index in [4.69, 9.17) is 11.6 Å². The molecule has 0 fully saturated rings. The number of nitrogens with one attached hydrogen (secondary N) is 1. The van der Waals surface area contributed by atoms with Gasteiger partial charge in [-0.15, -0.1) is 11.3 Å². The predicted octanol–water partition coefficient (Wildman–Crippen LogP) is 4.19. The second kappa shape index (κ2) is 5.35.